The molecule has 5 heteroatoms. The van der Waals surface area contributed by atoms with Crippen LogP contribution in [0.4, 0.5) is 5.69 Å². The normalized spacial score (nSPS) is 10.2. The van der Waals surface area contributed by atoms with Gasteiger partial charge in [-0.05, 0) is 50.8 Å². The van der Waals surface area contributed by atoms with E-state index >= 15 is 0 Å². The lowest BCUT2D eigenvalue weighted by Crippen LogP contribution is -2.09. The largest absolute Gasteiger partial charge is 0.466 e. The maximum absolute atomic E-state index is 11.9. The molecule has 5 nitrogen and oxygen atoms in total. The zero-order valence-electron chi connectivity index (χ0n) is 12.7. The molecule has 0 fully saturated rings. The monoisotopic (exact) mass is 293 g/mol. The van der Waals surface area contributed by atoms with Crippen LogP contribution in [0.5, 0.6) is 0 Å². The maximum Gasteiger partial charge on any atom is 0.338 e. The number of nitrogen functional groups attached to an aromatic ring is 1. The summed E-state index contributed by atoms with van der Waals surface area (Å²) >= 11 is 0. The van der Waals surface area contributed by atoms with Crippen LogP contribution < -0.4 is 5.73 Å². The molecule has 0 amide bonds. The molecule has 0 aliphatic carbocycles. The zero-order valence-corrected chi connectivity index (χ0v) is 12.7. The molecule has 0 aliphatic rings. The van der Waals surface area contributed by atoms with Gasteiger partial charge in [0.25, 0.3) is 0 Å². The highest BCUT2D eigenvalue weighted by molar-refractivity contribution is 5.92. The van der Waals surface area contributed by atoms with Gasteiger partial charge in [-0.1, -0.05) is 6.07 Å². The standard InChI is InChI=1S/C16H23NO4/c1-3-20-15(18)10-5-4-6-11-21-16(19)13-8-7-9-14(17)12(13)2/h7-9H,3-6,10-11,17H2,1-2H3. The van der Waals surface area contributed by atoms with Crippen LogP contribution in [0.15, 0.2) is 18.2 Å². The van der Waals surface area contributed by atoms with Crippen molar-refractivity contribution < 1.29 is 19.1 Å². The molecule has 116 valence electrons. The highest BCUT2D eigenvalue weighted by Gasteiger charge is 2.11. The lowest BCUT2D eigenvalue weighted by molar-refractivity contribution is -0.143. The molecule has 0 saturated heterocycles. The van der Waals surface area contributed by atoms with Crippen LogP contribution in [0, 0.1) is 6.92 Å². The van der Waals surface area contributed by atoms with Crippen molar-refractivity contribution in [1.82, 2.24) is 0 Å². The van der Waals surface area contributed by atoms with Crippen LogP contribution >= 0.6 is 0 Å². The molecular weight excluding hydrogens is 270 g/mol. The van der Waals surface area contributed by atoms with Crippen molar-refractivity contribution in [2.24, 2.45) is 0 Å². The van der Waals surface area contributed by atoms with Crippen LogP contribution in [0.1, 0.15) is 48.5 Å². The van der Waals surface area contributed by atoms with Gasteiger partial charge in [-0.15, -0.1) is 0 Å². The predicted molar refractivity (Wildman–Crippen MR) is 81.0 cm³/mol. The fourth-order valence-corrected chi connectivity index (χ4v) is 1.90. The molecule has 0 saturated carbocycles. The number of hydrogen-bond acceptors (Lipinski definition) is 5. The second kappa shape index (κ2) is 9.00. The summed E-state index contributed by atoms with van der Waals surface area (Å²) in [5.74, 6) is -0.532. The molecule has 1 rings (SSSR count). The number of anilines is 1. The van der Waals surface area contributed by atoms with Crippen molar-refractivity contribution in [2.45, 2.75) is 39.5 Å². The molecule has 0 bridgehead atoms. The fourth-order valence-electron chi connectivity index (χ4n) is 1.90. The summed E-state index contributed by atoms with van der Waals surface area (Å²) < 4.78 is 10.0. The van der Waals surface area contributed by atoms with Crippen molar-refractivity contribution in [3.8, 4) is 0 Å². The summed E-state index contributed by atoms with van der Waals surface area (Å²) in [6.07, 6.45) is 2.71. The van der Waals surface area contributed by atoms with Gasteiger partial charge in [-0.2, -0.15) is 0 Å². The van der Waals surface area contributed by atoms with Crippen LogP contribution in [0.25, 0.3) is 0 Å². The van der Waals surface area contributed by atoms with E-state index in [-0.39, 0.29) is 11.9 Å². The number of rotatable bonds is 8. The molecular formula is C16H23NO4. The van der Waals surface area contributed by atoms with Crippen LogP contribution in [-0.4, -0.2) is 25.2 Å². The molecule has 0 atom stereocenters. The minimum Gasteiger partial charge on any atom is -0.466 e. The van der Waals surface area contributed by atoms with Crippen LogP contribution in [0.2, 0.25) is 0 Å². The molecule has 0 heterocycles. The second-order valence-electron chi connectivity index (χ2n) is 4.77. The zero-order chi connectivity index (χ0) is 15.7. The van der Waals surface area contributed by atoms with Gasteiger partial charge in [-0.3, -0.25) is 4.79 Å². The molecule has 1 aromatic carbocycles. The first kappa shape index (κ1) is 17.0. The van der Waals surface area contributed by atoms with E-state index in [2.05, 4.69) is 0 Å². The summed E-state index contributed by atoms with van der Waals surface area (Å²) in [6, 6.07) is 5.19. The van der Waals surface area contributed by atoms with E-state index in [1.165, 1.54) is 0 Å². The molecule has 0 radical (unpaired) electrons. The highest BCUT2D eigenvalue weighted by Crippen LogP contribution is 2.16. The van der Waals surface area contributed by atoms with Gasteiger partial charge in [0.2, 0.25) is 0 Å². The average molecular weight is 293 g/mol. The van der Waals surface area contributed by atoms with Gasteiger partial charge in [0, 0.05) is 12.1 Å². The number of nitrogens with two attached hydrogens (primary N) is 1. The van der Waals surface area contributed by atoms with Crippen molar-refractivity contribution in [3.05, 3.63) is 29.3 Å². The Morgan fingerprint density at radius 2 is 1.90 bits per heavy atom. The Morgan fingerprint density at radius 3 is 2.62 bits per heavy atom. The summed E-state index contributed by atoms with van der Waals surface area (Å²) in [5, 5.41) is 0. The molecule has 1 aromatic rings. The Hall–Kier alpha value is -2.04. The lowest BCUT2D eigenvalue weighted by Gasteiger charge is -2.08. The third-order valence-corrected chi connectivity index (χ3v) is 3.16. The third kappa shape index (κ3) is 5.85. The first-order valence-corrected chi connectivity index (χ1v) is 7.24. The summed E-state index contributed by atoms with van der Waals surface area (Å²) in [4.78, 5) is 23.0. The molecule has 2 N–H and O–H groups in total. The molecule has 21 heavy (non-hydrogen) atoms. The SMILES string of the molecule is CCOC(=O)CCCCCOC(=O)c1cccc(N)c1C. The number of esters is 2. The molecule has 0 unspecified atom stereocenters. The van der Waals surface area contributed by atoms with Crippen molar-refractivity contribution >= 4 is 17.6 Å². The van der Waals surface area contributed by atoms with Crippen LogP contribution in [-0.2, 0) is 14.3 Å². The first-order chi connectivity index (χ1) is 10.1. The Morgan fingerprint density at radius 1 is 1.14 bits per heavy atom. The van der Waals surface area contributed by atoms with E-state index in [1.54, 1.807) is 32.0 Å². The van der Waals surface area contributed by atoms with Crippen molar-refractivity contribution in [2.75, 3.05) is 18.9 Å². The number of carbonyl (C=O) groups excluding carboxylic acids is 2. The van der Waals surface area contributed by atoms with E-state index in [1.807, 2.05) is 0 Å². The number of unbranched alkanes of at least 4 members (excludes halogenated alkanes) is 2. The molecule has 0 spiro atoms. The average Bonchev–Trinajstić information content (AvgIpc) is 2.45. The number of benzene rings is 1. The smallest absolute Gasteiger partial charge is 0.338 e. The molecule has 0 aromatic heterocycles. The van der Waals surface area contributed by atoms with Crippen LogP contribution in [0.3, 0.4) is 0 Å². The van der Waals surface area contributed by atoms with E-state index in [0.29, 0.717) is 30.9 Å². The van der Waals surface area contributed by atoms with E-state index < -0.39 is 0 Å². The lowest BCUT2D eigenvalue weighted by atomic mass is 10.1. The fraction of sp³-hybridized carbons (Fsp3) is 0.500. The molecule has 0 aliphatic heterocycles. The number of hydrogen-bond donors (Lipinski definition) is 1. The summed E-state index contributed by atoms with van der Waals surface area (Å²) in [7, 11) is 0. The van der Waals surface area contributed by atoms with Crippen molar-refractivity contribution in [1.29, 1.82) is 0 Å². The minimum absolute atomic E-state index is 0.176. The first-order valence-electron chi connectivity index (χ1n) is 7.24. The Labute approximate surface area is 125 Å². The Bertz CT molecular complexity index is 485. The Balaban J connectivity index is 2.22. The van der Waals surface area contributed by atoms with E-state index in [9.17, 15) is 9.59 Å². The number of carbonyl (C=O) groups is 2. The minimum atomic E-state index is -0.356. The third-order valence-electron chi connectivity index (χ3n) is 3.16. The van der Waals surface area contributed by atoms with Gasteiger partial charge in [0.1, 0.15) is 0 Å². The second-order valence-corrected chi connectivity index (χ2v) is 4.77. The van der Waals surface area contributed by atoms with Gasteiger partial charge in [0.15, 0.2) is 0 Å². The maximum atomic E-state index is 11.9. The van der Waals surface area contributed by atoms with Gasteiger partial charge in [0.05, 0.1) is 18.8 Å². The quantitative estimate of drug-likeness (QED) is 0.453. The highest BCUT2D eigenvalue weighted by atomic mass is 16.5. The number of ether oxygens (including phenoxy) is 2. The predicted octanol–water partition coefficient (Wildman–Crippen LogP) is 2.86. The van der Waals surface area contributed by atoms with E-state index in [0.717, 1.165) is 24.8 Å². The van der Waals surface area contributed by atoms with Gasteiger partial charge >= 0.3 is 11.9 Å². The van der Waals surface area contributed by atoms with Crippen molar-refractivity contribution in [3.63, 3.8) is 0 Å². The summed E-state index contributed by atoms with van der Waals surface area (Å²) in [5.41, 5.74) is 7.58. The topological polar surface area (TPSA) is 78.6 Å². The van der Waals surface area contributed by atoms with Gasteiger partial charge < -0.3 is 15.2 Å². The summed E-state index contributed by atoms with van der Waals surface area (Å²) in [6.45, 7) is 4.34. The van der Waals surface area contributed by atoms with E-state index in [4.69, 9.17) is 15.2 Å². The van der Waals surface area contributed by atoms with Gasteiger partial charge in [-0.25, -0.2) is 4.79 Å². The Kier molecular flexibility index (Phi) is 7.29.